The summed E-state index contributed by atoms with van der Waals surface area (Å²) in [6, 6.07) is 0. The van der Waals surface area contributed by atoms with E-state index >= 15 is 0 Å². The number of carbonyl (C=O) groups excluding carboxylic acids is 1. The van der Waals surface area contributed by atoms with Crippen molar-refractivity contribution in [2.75, 3.05) is 6.54 Å². The maximum atomic E-state index is 12.3. The van der Waals surface area contributed by atoms with Crippen LogP contribution in [0.5, 0.6) is 0 Å². The van der Waals surface area contributed by atoms with Gasteiger partial charge in [-0.15, -0.1) is 6.58 Å². The predicted octanol–water partition coefficient (Wildman–Crippen LogP) is 2.51. The first kappa shape index (κ1) is 10.4. The van der Waals surface area contributed by atoms with Crippen LogP contribution in [0, 0.1) is 23.2 Å². The number of nitrogens with one attached hydrogen (secondary N) is 1. The van der Waals surface area contributed by atoms with Gasteiger partial charge in [0.05, 0.1) is 0 Å². The summed E-state index contributed by atoms with van der Waals surface area (Å²) in [7, 11) is 0. The van der Waals surface area contributed by atoms with Crippen LogP contribution in [0.4, 0.5) is 0 Å². The van der Waals surface area contributed by atoms with Gasteiger partial charge in [0.1, 0.15) is 0 Å². The van der Waals surface area contributed by atoms with Crippen molar-refractivity contribution in [3.05, 3.63) is 12.7 Å². The molecule has 2 heteroatoms. The smallest absolute Gasteiger partial charge is 0.226 e. The highest BCUT2D eigenvalue weighted by Crippen LogP contribution is 2.60. The molecule has 4 fully saturated rings. The van der Waals surface area contributed by atoms with E-state index < -0.39 is 0 Å². The molecule has 0 spiro atoms. The average Bonchev–Trinajstić information content (AvgIpc) is 2.24. The Hall–Kier alpha value is -0.790. The molecule has 0 aromatic carbocycles. The van der Waals surface area contributed by atoms with Gasteiger partial charge in [0.15, 0.2) is 0 Å². The topological polar surface area (TPSA) is 29.1 Å². The number of hydrogen-bond acceptors (Lipinski definition) is 1. The molecular formula is C14H21NO. The number of carbonyl (C=O) groups is 1. The minimum absolute atomic E-state index is 0.0117. The van der Waals surface area contributed by atoms with Crippen molar-refractivity contribution in [1.29, 1.82) is 0 Å². The highest BCUT2D eigenvalue weighted by Gasteiger charge is 2.54. The fourth-order valence-electron chi connectivity index (χ4n) is 4.74. The molecule has 0 aromatic rings. The molecule has 88 valence electrons. The highest BCUT2D eigenvalue weighted by molar-refractivity contribution is 5.83. The molecule has 4 aliphatic carbocycles. The number of hydrogen-bond donors (Lipinski definition) is 1. The van der Waals surface area contributed by atoms with Crippen molar-refractivity contribution in [3.63, 3.8) is 0 Å². The van der Waals surface area contributed by atoms with Crippen LogP contribution >= 0.6 is 0 Å². The lowest BCUT2D eigenvalue weighted by molar-refractivity contribution is -0.146. The molecule has 4 bridgehead atoms. The van der Waals surface area contributed by atoms with E-state index in [1.54, 1.807) is 6.08 Å². The Morgan fingerprint density at radius 1 is 1.19 bits per heavy atom. The van der Waals surface area contributed by atoms with Gasteiger partial charge in [-0.2, -0.15) is 0 Å². The Morgan fingerprint density at radius 3 is 2.12 bits per heavy atom. The standard InChI is InChI=1S/C14H21NO/c1-2-3-15-13(16)14-7-10-4-11(8-14)6-12(5-10)9-14/h2,10-12H,1,3-9H2,(H,15,16). The Labute approximate surface area is 97.5 Å². The fraction of sp³-hybridized carbons (Fsp3) is 0.786. The summed E-state index contributed by atoms with van der Waals surface area (Å²) >= 11 is 0. The first-order valence-electron chi connectivity index (χ1n) is 6.61. The molecule has 4 saturated carbocycles. The van der Waals surface area contributed by atoms with E-state index in [-0.39, 0.29) is 5.41 Å². The lowest BCUT2D eigenvalue weighted by Crippen LogP contribution is -2.53. The van der Waals surface area contributed by atoms with E-state index in [0.717, 1.165) is 37.0 Å². The van der Waals surface area contributed by atoms with Gasteiger partial charge in [-0.3, -0.25) is 4.79 Å². The molecule has 16 heavy (non-hydrogen) atoms. The molecule has 4 aliphatic rings. The third kappa shape index (κ3) is 1.50. The monoisotopic (exact) mass is 219 g/mol. The van der Waals surface area contributed by atoms with Gasteiger partial charge in [0.2, 0.25) is 5.91 Å². The molecule has 0 aromatic heterocycles. The lowest BCUT2D eigenvalue weighted by atomic mass is 9.49. The summed E-state index contributed by atoms with van der Waals surface area (Å²) in [5.74, 6) is 2.86. The molecule has 0 radical (unpaired) electrons. The summed E-state index contributed by atoms with van der Waals surface area (Å²) in [4.78, 5) is 12.3. The third-order valence-electron chi connectivity index (χ3n) is 4.93. The highest BCUT2D eigenvalue weighted by atomic mass is 16.2. The van der Waals surface area contributed by atoms with Gasteiger partial charge in [-0.05, 0) is 56.3 Å². The van der Waals surface area contributed by atoms with Gasteiger partial charge >= 0.3 is 0 Å². The van der Waals surface area contributed by atoms with E-state index in [9.17, 15) is 4.79 Å². The summed E-state index contributed by atoms with van der Waals surface area (Å²) in [5.41, 5.74) is 0.0117. The van der Waals surface area contributed by atoms with Crippen molar-refractivity contribution in [2.24, 2.45) is 23.2 Å². The van der Waals surface area contributed by atoms with Crippen LogP contribution < -0.4 is 5.32 Å². The molecule has 0 aliphatic heterocycles. The molecule has 0 heterocycles. The van der Waals surface area contributed by atoms with Crippen LogP contribution in [-0.4, -0.2) is 12.5 Å². The molecule has 0 unspecified atom stereocenters. The van der Waals surface area contributed by atoms with E-state index in [1.165, 1.54) is 19.3 Å². The van der Waals surface area contributed by atoms with E-state index in [1.807, 2.05) is 0 Å². The van der Waals surface area contributed by atoms with Crippen LogP contribution in [0.2, 0.25) is 0 Å². The maximum absolute atomic E-state index is 12.3. The number of rotatable bonds is 3. The van der Waals surface area contributed by atoms with Crippen molar-refractivity contribution in [2.45, 2.75) is 38.5 Å². The Bertz CT molecular complexity index is 285. The summed E-state index contributed by atoms with van der Waals surface area (Å²) < 4.78 is 0. The van der Waals surface area contributed by atoms with E-state index in [0.29, 0.717) is 12.5 Å². The fourth-order valence-corrected chi connectivity index (χ4v) is 4.74. The largest absolute Gasteiger partial charge is 0.352 e. The molecule has 4 rings (SSSR count). The van der Waals surface area contributed by atoms with Crippen molar-refractivity contribution in [3.8, 4) is 0 Å². The second-order valence-electron chi connectivity index (χ2n) is 6.20. The van der Waals surface area contributed by atoms with Gasteiger partial charge in [0.25, 0.3) is 0 Å². The van der Waals surface area contributed by atoms with Gasteiger partial charge in [-0.1, -0.05) is 6.08 Å². The van der Waals surface area contributed by atoms with Crippen LogP contribution in [0.15, 0.2) is 12.7 Å². The SMILES string of the molecule is C=CCNC(=O)C12CC3CC(CC(C3)C1)C2. The minimum atomic E-state index is 0.0117. The molecule has 1 N–H and O–H groups in total. The molecule has 0 atom stereocenters. The summed E-state index contributed by atoms with van der Waals surface area (Å²) in [5, 5.41) is 3.03. The average molecular weight is 219 g/mol. The van der Waals surface area contributed by atoms with E-state index in [2.05, 4.69) is 11.9 Å². The Balaban J connectivity index is 1.77. The van der Waals surface area contributed by atoms with Crippen LogP contribution in [0.1, 0.15) is 38.5 Å². The third-order valence-corrected chi connectivity index (χ3v) is 4.93. The predicted molar refractivity (Wildman–Crippen MR) is 63.8 cm³/mol. The first-order chi connectivity index (χ1) is 7.72. The van der Waals surface area contributed by atoms with Crippen molar-refractivity contribution < 1.29 is 4.79 Å². The van der Waals surface area contributed by atoms with E-state index in [4.69, 9.17) is 0 Å². The second-order valence-corrected chi connectivity index (χ2v) is 6.20. The lowest BCUT2D eigenvalue weighted by Gasteiger charge is -2.55. The quantitative estimate of drug-likeness (QED) is 0.726. The Kier molecular flexibility index (Phi) is 2.34. The number of amides is 1. The zero-order chi connectivity index (χ0) is 11.2. The summed E-state index contributed by atoms with van der Waals surface area (Å²) in [6.07, 6.45) is 9.43. The first-order valence-corrected chi connectivity index (χ1v) is 6.61. The molecule has 1 amide bonds. The van der Waals surface area contributed by atoms with Crippen LogP contribution in [0.3, 0.4) is 0 Å². The van der Waals surface area contributed by atoms with Gasteiger partial charge in [0, 0.05) is 12.0 Å². The zero-order valence-corrected chi connectivity index (χ0v) is 9.87. The second kappa shape index (κ2) is 3.61. The zero-order valence-electron chi connectivity index (χ0n) is 9.87. The molecule has 2 nitrogen and oxygen atoms in total. The minimum Gasteiger partial charge on any atom is -0.352 e. The van der Waals surface area contributed by atoms with Crippen molar-refractivity contribution >= 4 is 5.91 Å². The Morgan fingerprint density at radius 2 is 1.69 bits per heavy atom. The molecule has 0 saturated heterocycles. The summed E-state index contributed by atoms with van der Waals surface area (Å²) in [6.45, 7) is 4.29. The van der Waals surface area contributed by atoms with Crippen molar-refractivity contribution in [1.82, 2.24) is 5.32 Å². The van der Waals surface area contributed by atoms with Crippen LogP contribution in [-0.2, 0) is 4.79 Å². The van der Waals surface area contributed by atoms with Crippen LogP contribution in [0.25, 0.3) is 0 Å². The normalized spacial score (nSPS) is 44.4. The van der Waals surface area contributed by atoms with Gasteiger partial charge < -0.3 is 5.32 Å². The maximum Gasteiger partial charge on any atom is 0.226 e. The van der Waals surface area contributed by atoms with Gasteiger partial charge in [-0.25, -0.2) is 0 Å². The molecular weight excluding hydrogens is 198 g/mol.